The first-order valence-electron chi connectivity index (χ1n) is 7.94. The van der Waals surface area contributed by atoms with E-state index in [0.29, 0.717) is 16.3 Å². The highest BCUT2D eigenvalue weighted by molar-refractivity contribution is 9.10. The Kier molecular flexibility index (Phi) is 6.37. The number of hydrogen-bond acceptors (Lipinski definition) is 3. The van der Waals surface area contributed by atoms with Gasteiger partial charge in [0.1, 0.15) is 0 Å². The topological polar surface area (TPSA) is 41.5 Å². The van der Waals surface area contributed by atoms with Crippen molar-refractivity contribution in [3.8, 4) is 11.5 Å². The Bertz CT molecular complexity index is 458. The number of methoxy groups -OCH3 is 1. The monoisotopic (exact) mass is 355 g/mol. The van der Waals surface area contributed by atoms with Gasteiger partial charge in [-0.05, 0) is 58.8 Å². The van der Waals surface area contributed by atoms with Gasteiger partial charge in [-0.1, -0.05) is 26.2 Å². The summed E-state index contributed by atoms with van der Waals surface area (Å²) >= 11 is 3.38. The molecule has 1 aromatic carbocycles. The normalized spacial score (nSPS) is 17.7. The van der Waals surface area contributed by atoms with Crippen LogP contribution in [0.5, 0.6) is 11.5 Å². The minimum atomic E-state index is 0.167. The average molecular weight is 356 g/mol. The van der Waals surface area contributed by atoms with E-state index in [1.54, 1.807) is 7.11 Å². The van der Waals surface area contributed by atoms with Crippen molar-refractivity contribution in [1.29, 1.82) is 0 Å². The summed E-state index contributed by atoms with van der Waals surface area (Å²) in [5, 5.41) is 13.6. The molecule has 0 bridgehead atoms. The zero-order chi connectivity index (χ0) is 15.2. The summed E-state index contributed by atoms with van der Waals surface area (Å²) in [6.45, 7) is 3.07. The third-order valence-corrected chi connectivity index (χ3v) is 5.14. The average Bonchev–Trinajstić information content (AvgIpc) is 2.52. The summed E-state index contributed by atoms with van der Waals surface area (Å²) in [6, 6.07) is 4.45. The van der Waals surface area contributed by atoms with Crippen molar-refractivity contribution in [2.45, 2.75) is 58.0 Å². The van der Waals surface area contributed by atoms with Crippen molar-refractivity contribution >= 4 is 15.9 Å². The van der Waals surface area contributed by atoms with E-state index >= 15 is 0 Å². The first-order valence-corrected chi connectivity index (χ1v) is 8.73. The lowest BCUT2D eigenvalue weighted by molar-refractivity contribution is 0.261. The van der Waals surface area contributed by atoms with E-state index in [0.717, 1.165) is 18.0 Å². The molecule has 1 atom stereocenters. The predicted molar refractivity (Wildman–Crippen MR) is 89.9 cm³/mol. The van der Waals surface area contributed by atoms with Gasteiger partial charge in [0, 0.05) is 12.6 Å². The molecule has 1 aromatic rings. The maximum absolute atomic E-state index is 9.86. The highest BCUT2D eigenvalue weighted by Crippen LogP contribution is 2.35. The summed E-state index contributed by atoms with van der Waals surface area (Å²) in [5.74, 6) is 1.50. The minimum Gasteiger partial charge on any atom is -0.503 e. The molecule has 1 unspecified atom stereocenters. The molecule has 0 spiro atoms. The lowest BCUT2D eigenvalue weighted by atomic mass is 9.83. The van der Waals surface area contributed by atoms with Gasteiger partial charge in [0.15, 0.2) is 11.5 Å². The number of phenols is 1. The van der Waals surface area contributed by atoms with Gasteiger partial charge in [-0.2, -0.15) is 0 Å². The van der Waals surface area contributed by atoms with Crippen LogP contribution in [0.2, 0.25) is 0 Å². The van der Waals surface area contributed by atoms with Gasteiger partial charge in [-0.3, -0.25) is 0 Å². The summed E-state index contributed by atoms with van der Waals surface area (Å²) in [6.07, 6.45) is 8.03. The predicted octanol–water partition coefficient (Wildman–Crippen LogP) is 4.61. The molecule has 21 heavy (non-hydrogen) atoms. The fourth-order valence-electron chi connectivity index (χ4n) is 3.31. The van der Waals surface area contributed by atoms with Crippen LogP contribution in [-0.4, -0.2) is 18.3 Å². The molecule has 4 heteroatoms. The second-order valence-electron chi connectivity index (χ2n) is 5.92. The third kappa shape index (κ3) is 4.36. The highest BCUT2D eigenvalue weighted by atomic mass is 79.9. The molecule has 0 aliphatic heterocycles. The molecule has 1 saturated carbocycles. The molecule has 0 amide bonds. The van der Waals surface area contributed by atoms with E-state index in [1.807, 2.05) is 12.1 Å². The van der Waals surface area contributed by atoms with Gasteiger partial charge in [-0.25, -0.2) is 0 Å². The molecule has 0 saturated heterocycles. The van der Waals surface area contributed by atoms with E-state index in [-0.39, 0.29) is 5.75 Å². The Morgan fingerprint density at radius 2 is 2.05 bits per heavy atom. The van der Waals surface area contributed by atoms with Crippen LogP contribution in [0.25, 0.3) is 0 Å². The molecule has 0 radical (unpaired) electrons. The van der Waals surface area contributed by atoms with Gasteiger partial charge in [0.2, 0.25) is 0 Å². The number of ether oxygens (including phenoxy) is 1. The van der Waals surface area contributed by atoms with Gasteiger partial charge < -0.3 is 15.2 Å². The fraction of sp³-hybridized carbons (Fsp3) is 0.647. The van der Waals surface area contributed by atoms with Crippen LogP contribution in [0.15, 0.2) is 16.6 Å². The van der Waals surface area contributed by atoms with Crippen LogP contribution in [-0.2, 0) is 6.54 Å². The molecule has 0 aromatic heterocycles. The number of hydrogen-bond donors (Lipinski definition) is 2. The quantitative estimate of drug-likeness (QED) is 0.782. The Balaban J connectivity index is 1.99. The van der Waals surface area contributed by atoms with Crippen LogP contribution in [0.4, 0.5) is 0 Å². The second kappa shape index (κ2) is 8.04. The SMILES string of the molecule is CCC(NCc1cc(Br)c(O)c(OC)c1)C1CCCCC1. The zero-order valence-electron chi connectivity index (χ0n) is 13.0. The Labute approximate surface area is 136 Å². The maximum atomic E-state index is 9.86. The van der Waals surface area contributed by atoms with E-state index in [2.05, 4.69) is 28.2 Å². The minimum absolute atomic E-state index is 0.167. The zero-order valence-corrected chi connectivity index (χ0v) is 14.6. The van der Waals surface area contributed by atoms with Crippen LogP contribution in [0.1, 0.15) is 51.0 Å². The molecule has 0 heterocycles. The van der Waals surface area contributed by atoms with E-state index < -0.39 is 0 Å². The summed E-state index contributed by atoms with van der Waals surface area (Å²) in [5.41, 5.74) is 1.13. The molecular formula is C17H26BrNO2. The van der Waals surface area contributed by atoms with Crippen LogP contribution in [0, 0.1) is 5.92 Å². The van der Waals surface area contributed by atoms with Crippen molar-refractivity contribution in [2.75, 3.05) is 7.11 Å². The second-order valence-corrected chi connectivity index (χ2v) is 6.78. The Morgan fingerprint density at radius 3 is 2.67 bits per heavy atom. The van der Waals surface area contributed by atoms with Crippen molar-refractivity contribution in [3.63, 3.8) is 0 Å². The smallest absolute Gasteiger partial charge is 0.172 e. The lowest BCUT2D eigenvalue weighted by Crippen LogP contribution is -2.36. The molecule has 1 aliphatic carbocycles. The Hall–Kier alpha value is -0.740. The van der Waals surface area contributed by atoms with Crippen LogP contribution in [0.3, 0.4) is 0 Å². The van der Waals surface area contributed by atoms with Gasteiger partial charge in [0.25, 0.3) is 0 Å². The standard InChI is InChI=1S/C17H26BrNO2/c1-3-15(13-7-5-4-6-8-13)19-11-12-9-14(18)17(20)16(10-12)21-2/h9-10,13,15,19-20H,3-8,11H2,1-2H3. The fourth-order valence-corrected chi connectivity index (χ4v) is 3.80. The highest BCUT2D eigenvalue weighted by Gasteiger charge is 2.22. The van der Waals surface area contributed by atoms with E-state index in [9.17, 15) is 5.11 Å². The third-order valence-electron chi connectivity index (χ3n) is 4.54. The number of phenolic OH excluding ortho intramolecular Hbond substituents is 1. The first-order chi connectivity index (χ1) is 10.2. The molecule has 118 valence electrons. The van der Waals surface area contributed by atoms with Gasteiger partial charge in [-0.15, -0.1) is 0 Å². The first kappa shape index (κ1) is 16.6. The molecule has 3 nitrogen and oxygen atoms in total. The lowest BCUT2D eigenvalue weighted by Gasteiger charge is -2.30. The number of halogens is 1. The number of nitrogens with one attached hydrogen (secondary N) is 1. The molecule has 1 aliphatic rings. The molecule has 2 rings (SSSR count). The van der Waals surface area contributed by atoms with Gasteiger partial charge in [0.05, 0.1) is 11.6 Å². The Morgan fingerprint density at radius 1 is 1.33 bits per heavy atom. The molecule has 1 fully saturated rings. The van der Waals surface area contributed by atoms with Crippen molar-refractivity contribution < 1.29 is 9.84 Å². The van der Waals surface area contributed by atoms with Crippen molar-refractivity contribution in [1.82, 2.24) is 5.32 Å². The number of aromatic hydroxyl groups is 1. The number of rotatable bonds is 6. The van der Waals surface area contributed by atoms with Crippen molar-refractivity contribution in [3.05, 3.63) is 22.2 Å². The van der Waals surface area contributed by atoms with Crippen molar-refractivity contribution in [2.24, 2.45) is 5.92 Å². The van der Waals surface area contributed by atoms with Gasteiger partial charge >= 0.3 is 0 Å². The van der Waals surface area contributed by atoms with Crippen LogP contribution < -0.4 is 10.1 Å². The largest absolute Gasteiger partial charge is 0.503 e. The molecule has 2 N–H and O–H groups in total. The van der Waals surface area contributed by atoms with E-state index in [4.69, 9.17) is 4.74 Å². The number of benzene rings is 1. The van der Waals surface area contributed by atoms with E-state index in [1.165, 1.54) is 38.5 Å². The summed E-state index contributed by atoms with van der Waals surface area (Å²) < 4.78 is 5.89. The van der Waals surface area contributed by atoms with Crippen LogP contribution >= 0.6 is 15.9 Å². The summed E-state index contributed by atoms with van der Waals surface area (Å²) in [7, 11) is 1.58. The summed E-state index contributed by atoms with van der Waals surface area (Å²) in [4.78, 5) is 0. The molecular weight excluding hydrogens is 330 g/mol. The maximum Gasteiger partial charge on any atom is 0.172 e.